The van der Waals surface area contributed by atoms with Crippen molar-refractivity contribution < 1.29 is 19.1 Å². The summed E-state index contributed by atoms with van der Waals surface area (Å²) in [5.74, 6) is -1.38. The van der Waals surface area contributed by atoms with Gasteiger partial charge in [0.25, 0.3) is 0 Å². The number of carboxylic acid groups (broad SMARTS) is 1. The van der Waals surface area contributed by atoms with E-state index in [1.165, 1.54) is 18.2 Å². The Morgan fingerprint density at radius 3 is 2.75 bits per heavy atom. The molecule has 0 bridgehead atoms. The SMILES string of the molecule is O=C(O)CCCCCNC(=O)/C=C/c1cccc(F)c1. The van der Waals surface area contributed by atoms with Crippen molar-refractivity contribution in [1.29, 1.82) is 0 Å². The van der Waals surface area contributed by atoms with Crippen molar-refractivity contribution in [3.8, 4) is 0 Å². The summed E-state index contributed by atoms with van der Waals surface area (Å²) in [5.41, 5.74) is 0.626. The summed E-state index contributed by atoms with van der Waals surface area (Å²) in [4.78, 5) is 21.7. The van der Waals surface area contributed by atoms with E-state index in [-0.39, 0.29) is 18.1 Å². The minimum Gasteiger partial charge on any atom is -0.481 e. The number of amides is 1. The van der Waals surface area contributed by atoms with Crippen molar-refractivity contribution in [1.82, 2.24) is 5.32 Å². The van der Waals surface area contributed by atoms with Crippen molar-refractivity contribution >= 4 is 18.0 Å². The van der Waals surface area contributed by atoms with Crippen LogP contribution in [-0.2, 0) is 9.59 Å². The monoisotopic (exact) mass is 279 g/mol. The van der Waals surface area contributed by atoms with Gasteiger partial charge in [0.1, 0.15) is 5.82 Å². The minimum absolute atomic E-state index is 0.160. The van der Waals surface area contributed by atoms with Gasteiger partial charge in [0, 0.05) is 19.0 Å². The Hall–Kier alpha value is -2.17. The van der Waals surface area contributed by atoms with E-state index in [2.05, 4.69) is 5.32 Å². The standard InChI is InChI=1S/C15H18FNO3/c16-13-6-4-5-12(11-13)8-9-14(18)17-10-3-1-2-7-15(19)20/h4-6,8-9,11H,1-3,7,10H2,(H,17,18)(H,19,20)/b9-8+. The molecule has 5 heteroatoms. The number of unbranched alkanes of at least 4 members (excludes halogenated alkanes) is 2. The second-order valence-electron chi connectivity index (χ2n) is 4.38. The highest BCUT2D eigenvalue weighted by Gasteiger charge is 1.98. The van der Waals surface area contributed by atoms with Crippen LogP contribution in [-0.4, -0.2) is 23.5 Å². The van der Waals surface area contributed by atoms with E-state index in [9.17, 15) is 14.0 Å². The highest BCUT2D eigenvalue weighted by Crippen LogP contribution is 2.05. The average molecular weight is 279 g/mol. The quantitative estimate of drug-likeness (QED) is 0.568. The largest absolute Gasteiger partial charge is 0.481 e. The van der Waals surface area contributed by atoms with Gasteiger partial charge in [0.2, 0.25) is 5.91 Å². The maximum absolute atomic E-state index is 12.9. The number of hydrogen-bond donors (Lipinski definition) is 2. The number of hydrogen-bond acceptors (Lipinski definition) is 2. The van der Waals surface area contributed by atoms with E-state index in [1.54, 1.807) is 18.2 Å². The second kappa shape index (κ2) is 8.85. The molecule has 0 aromatic heterocycles. The van der Waals surface area contributed by atoms with Gasteiger partial charge < -0.3 is 10.4 Å². The molecule has 1 amide bonds. The Morgan fingerprint density at radius 2 is 2.05 bits per heavy atom. The molecule has 0 spiro atoms. The number of carbonyl (C=O) groups is 2. The summed E-state index contributed by atoms with van der Waals surface area (Å²) in [6, 6.07) is 5.97. The Morgan fingerprint density at radius 1 is 1.25 bits per heavy atom. The molecule has 0 aliphatic carbocycles. The van der Waals surface area contributed by atoms with Crippen LogP contribution < -0.4 is 5.32 Å². The van der Waals surface area contributed by atoms with Crippen molar-refractivity contribution in [3.63, 3.8) is 0 Å². The maximum Gasteiger partial charge on any atom is 0.303 e. The minimum atomic E-state index is -0.799. The van der Waals surface area contributed by atoms with Gasteiger partial charge in [0.15, 0.2) is 0 Å². The number of carbonyl (C=O) groups excluding carboxylic acids is 1. The third-order valence-corrected chi connectivity index (χ3v) is 2.64. The van der Waals surface area contributed by atoms with Gasteiger partial charge in [-0.25, -0.2) is 4.39 Å². The van der Waals surface area contributed by atoms with E-state index < -0.39 is 5.97 Å². The van der Waals surface area contributed by atoms with Gasteiger partial charge in [-0.05, 0) is 36.6 Å². The molecule has 4 nitrogen and oxygen atoms in total. The molecule has 1 aromatic carbocycles. The van der Waals surface area contributed by atoms with Crippen molar-refractivity contribution in [3.05, 3.63) is 41.7 Å². The molecule has 0 saturated heterocycles. The Labute approximate surface area is 117 Å². The molecule has 0 aliphatic heterocycles. The number of carboxylic acids is 1. The van der Waals surface area contributed by atoms with E-state index in [0.29, 0.717) is 18.5 Å². The molecule has 108 valence electrons. The third-order valence-electron chi connectivity index (χ3n) is 2.64. The molecule has 0 unspecified atom stereocenters. The molecule has 0 aliphatic rings. The van der Waals surface area contributed by atoms with Crippen molar-refractivity contribution in [2.75, 3.05) is 6.54 Å². The third kappa shape index (κ3) is 7.31. The lowest BCUT2D eigenvalue weighted by atomic mass is 10.2. The Kier molecular flexibility index (Phi) is 7.03. The van der Waals surface area contributed by atoms with Gasteiger partial charge >= 0.3 is 5.97 Å². The van der Waals surface area contributed by atoms with Crippen LogP contribution in [0.25, 0.3) is 6.08 Å². The summed E-state index contributed by atoms with van der Waals surface area (Å²) in [7, 11) is 0. The first-order valence-corrected chi connectivity index (χ1v) is 6.51. The zero-order valence-electron chi connectivity index (χ0n) is 11.1. The first kappa shape index (κ1) is 15.9. The van der Waals surface area contributed by atoms with E-state index >= 15 is 0 Å². The molecular formula is C15H18FNO3. The van der Waals surface area contributed by atoms with Crippen LogP contribution >= 0.6 is 0 Å². The van der Waals surface area contributed by atoms with Crippen LogP contribution in [0.2, 0.25) is 0 Å². The molecule has 0 heterocycles. The van der Waals surface area contributed by atoms with E-state index in [4.69, 9.17) is 5.11 Å². The van der Waals surface area contributed by atoms with Gasteiger partial charge in [-0.1, -0.05) is 18.6 Å². The van der Waals surface area contributed by atoms with Gasteiger partial charge in [-0.3, -0.25) is 9.59 Å². The fourth-order valence-electron chi connectivity index (χ4n) is 1.63. The predicted molar refractivity (Wildman–Crippen MR) is 74.5 cm³/mol. The predicted octanol–water partition coefficient (Wildman–Crippen LogP) is 2.60. The molecule has 0 saturated carbocycles. The fourth-order valence-corrected chi connectivity index (χ4v) is 1.63. The zero-order valence-corrected chi connectivity index (χ0v) is 11.1. The lowest BCUT2D eigenvalue weighted by Crippen LogP contribution is -2.22. The summed E-state index contributed by atoms with van der Waals surface area (Å²) in [6.45, 7) is 0.506. The lowest BCUT2D eigenvalue weighted by Gasteiger charge is -2.01. The number of rotatable bonds is 8. The topological polar surface area (TPSA) is 66.4 Å². The van der Waals surface area contributed by atoms with E-state index in [1.807, 2.05) is 0 Å². The summed E-state index contributed by atoms with van der Waals surface area (Å²) in [5, 5.41) is 11.1. The van der Waals surface area contributed by atoms with E-state index in [0.717, 1.165) is 12.8 Å². The van der Waals surface area contributed by atoms with Gasteiger partial charge in [-0.15, -0.1) is 0 Å². The first-order valence-electron chi connectivity index (χ1n) is 6.51. The van der Waals surface area contributed by atoms with Crippen LogP contribution in [0.3, 0.4) is 0 Å². The van der Waals surface area contributed by atoms with Crippen LogP contribution in [0, 0.1) is 5.82 Å². The van der Waals surface area contributed by atoms with Crippen LogP contribution in [0.4, 0.5) is 4.39 Å². The molecule has 20 heavy (non-hydrogen) atoms. The molecular weight excluding hydrogens is 261 g/mol. The summed E-state index contributed by atoms with van der Waals surface area (Å²) < 4.78 is 12.9. The lowest BCUT2D eigenvalue weighted by molar-refractivity contribution is -0.137. The van der Waals surface area contributed by atoms with Crippen molar-refractivity contribution in [2.45, 2.75) is 25.7 Å². The molecule has 0 radical (unpaired) electrons. The second-order valence-corrected chi connectivity index (χ2v) is 4.38. The highest BCUT2D eigenvalue weighted by molar-refractivity contribution is 5.91. The maximum atomic E-state index is 12.9. The summed E-state index contributed by atoms with van der Waals surface area (Å²) >= 11 is 0. The number of nitrogens with one attached hydrogen (secondary N) is 1. The normalized spacial score (nSPS) is 10.7. The number of aliphatic carboxylic acids is 1. The first-order chi connectivity index (χ1) is 9.58. The van der Waals surface area contributed by atoms with Gasteiger partial charge in [0.05, 0.1) is 0 Å². The summed E-state index contributed by atoms with van der Waals surface area (Å²) in [6.07, 6.45) is 5.18. The smallest absolute Gasteiger partial charge is 0.303 e. The fraction of sp³-hybridized carbons (Fsp3) is 0.333. The molecule has 0 atom stereocenters. The van der Waals surface area contributed by atoms with Gasteiger partial charge in [-0.2, -0.15) is 0 Å². The Balaban J connectivity index is 2.18. The van der Waals surface area contributed by atoms with Crippen LogP contribution in [0.1, 0.15) is 31.2 Å². The molecule has 1 aromatic rings. The zero-order chi connectivity index (χ0) is 14.8. The van der Waals surface area contributed by atoms with Crippen molar-refractivity contribution in [2.24, 2.45) is 0 Å². The number of halogens is 1. The highest BCUT2D eigenvalue weighted by atomic mass is 19.1. The Bertz CT molecular complexity index is 486. The number of benzene rings is 1. The molecule has 1 rings (SSSR count). The van der Waals surface area contributed by atoms with Crippen LogP contribution in [0.5, 0.6) is 0 Å². The molecule has 2 N–H and O–H groups in total. The average Bonchev–Trinajstić information content (AvgIpc) is 2.40. The van der Waals surface area contributed by atoms with Crippen LogP contribution in [0.15, 0.2) is 30.3 Å². The molecule has 0 fully saturated rings.